The van der Waals surface area contributed by atoms with Crippen LogP contribution in [0.4, 0.5) is 5.69 Å². The van der Waals surface area contributed by atoms with Crippen LogP contribution in [0, 0.1) is 20.8 Å². The number of hydrogen-bond acceptors (Lipinski definition) is 4. The van der Waals surface area contributed by atoms with Crippen molar-refractivity contribution in [3.05, 3.63) is 93.0 Å². The minimum absolute atomic E-state index is 0.0270. The molecule has 1 atom stereocenters. The first-order chi connectivity index (χ1) is 18.4. The van der Waals surface area contributed by atoms with Gasteiger partial charge in [-0.05, 0) is 81.6 Å². The zero-order chi connectivity index (χ0) is 28.9. The number of sulfonamides is 1. The third kappa shape index (κ3) is 7.12. The zero-order valence-corrected chi connectivity index (χ0v) is 25.0. The maximum absolute atomic E-state index is 14.0. The highest BCUT2D eigenvalue weighted by molar-refractivity contribution is 7.92. The molecule has 208 valence electrons. The van der Waals surface area contributed by atoms with Gasteiger partial charge in [0, 0.05) is 13.1 Å². The van der Waals surface area contributed by atoms with Crippen LogP contribution in [-0.2, 0) is 26.2 Å². The minimum Gasteiger partial charge on any atom is -0.355 e. The molecule has 2 amide bonds. The normalized spacial score (nSPS) is 12.1. The third-order valence-corrected chi connectivity index (χ3v) is 9.10. The van der Waals surface area contributed by atoms with Crippen molar-refractivity contribution in [3.63, 3.8) is 0 Å². The molecule has 0 spiro atoms. The molecule has 0 saturated carbocycles. The van der Waals surface area contributed by atoms with E-state index in [1.807, 2.05) is 26.8 Å². The second-order valence-electron chi connectivity index (χ2n) is 9.38. The molecule has 0 aliphatic carbocycles. The Kier molecular flexibility index (Phi) is 10.0. The lowest BCUT2D eigenvalue weighted by Crippen LogP contribution is -2.51. The van der Waals surface area contributed by atoms with Crippen LogP contribution in [0.25, 0.3) is 0 Å². The summed E-state index contributed by atoms with van der Waals surface area (Å²) in [6.45, 7) is 8.86. The van der Waals surface area contributed by atoms with E-state index in [2.05, 4.69) is 5.32 Å². The van der Waals surface area contributed by atoms with Crippen LogP contribution < -0.4 is 9.62 Å². The summed E-state index contributed by atoms with van der Waals surface area (Å²) >= 11 is 12.3. The predicted molar refractivity (Wildman–Crippen MR) is 157 cm³/mol. The number of carbonyl (C=O) groups is 2. The number of hydrogen-bond donors (Lipinski definition) is 1. The first-order valence-corrected chi connectivity index (χ1v) is 14.7. The maximum Gasteiger partial charge on any atom is 0.264 e. The minimum atomic E-state index is -4.13. The summed E-state index contributed by atoms with van der Waals surface area (Å²) in [7, 11) is -4.13. The molecule has 0 heterocycles. The summed E-state index contributed by atoms with van der Waals surface area (Å²) < 4.78 is 29.0. The number of halogens is 2. The molecule has 7 nitrogen and oxygen atoms in total. The Morgan fingerprint density at radius 3 is 2.23 bits per heavy atom. The Morgan fingerprint density at radius 2 is 1.62 bits per heavy atom. The molecular formula is C29H33Cl2N3O4S. The lowest BCUT2D eigenvalue weighted by atomic mass is 10.1. The van der Waals surface area contributed by atoms with Crippen LogP contribution in [0.5, 0.6) is 0 Å². The Hall–Kier alpha value is -3.07. The van der Waals surface area contributed by atoms with Crippen LogP contribution in [-0.4, -0.2) is 44.3 Å². The first kappa shape index (κ1) is 30.5. The van der Waals surface area contributed by atoms with E-state index in [1.165, 1.54) is 17.0 Å². The van der Waals surface area contributed by atoms with Gasteiger partial charge in [-0.1, -0.05) is 59.1 Å². The van der Waals surface area contributed by atoms with E-state index in [-0.39, 0.29) is 17.3 Å². The maximum atomic E-state index is 14.0. The van der Waals surface area contributed by atoms with Crippen LogP contribution in [0.3, 0.4) is 0 Å². The molecule has 3 rings (SSSR count). The lowest BCUT2D eigenvalue weighted by molar-refractivity contribution is -0.139. The standard InChI is InChI=1S/C29H33Cl2N3O4S/c1-6-32-29(36)22(5)33(17-23-12-15-25(30)26(31)16-23)28(35)18-34(27-9-7-8-20(3)21(27)4)39(37,38)24-13-10-19(2)11-14-24/h7-16,22H,6,17-18H2,1-5H3,(H,32,36). The second-order valence-corrected chi connectivity index (χ2v) is 12.1. The number of aryl methyl sites for hydroxylation is 2. The molecule has 0 bridgehead atoms. The molecular weight excluding hydrogens is 557 g/mol. The van der Waals surface area contributed by atoms with Crippen LogP contribution in [0.1, 0.15) is 36.1 Å². The van der Waals surface area contributed by atoms with Gasteiger partial charge in [0.25, 0.3) is 10.0 Å². The summed E-state index contributed by atoms with van der Waals surface area (Å²) in [6.07, 6.45) is 0. The quantitative estimate of drug-likeness (QED) is 0.330. The van der Waals surface area contributed by atoms with E-state index in [0.29, 0.717) is 27.8 Å². The van der Waals surface area contributed by atoms with E-state index in [9.17, 15) is 18.0 Å². The molecule has 0 aromatic heterocycles. The van der Waals surface area contributed by atoms with Crippen LogP contribution in [0.2, 0.25) is 10.0 Å². The summed E-state index contributed by atoms with van der Waals surface area (Å²) in [6, 6.07) is 15.9. The van der Waals surface area contributed by atoms with Crippen molar-refractivity contribution in [2.45, 2.75) is 52.1 Å². The third-order valence-electron chi connectivity index (χ3n) is 6.59. The molecule has 0 fully saturated rings. The van der Waals surface area contributed by atoms with Gasteiger partial charge in [0.2, 0.25) is 11.8 Å². The highest BCUT2D eigenvalue weighted by Crippen LogP contribution is 2.30. The van der Waals surface area contributed by atoms with E-state index >= 15 is 0 Å². The van der Waals surface area contributed by atoms with Gasteiger partial charge in [-0.2, -0.15) is 0 Å². The number of benzene rings is 3. The molecule has 0 aliphatic rings. The molecule has 1 N–H and O–H groups in total. The largest absolute Gasteiger partial charge is 0.355 e. The smallest absolute Gasteiger partial charge is 0.264 e. The molecule has 39 heavy (non-hydrogen) atoms. The number of amides is 2. The molecule has 1 unspecified atom stereocenters. The van der Waals surface area contributed by atoms with Crippen molar-refractivity contribution in [1.29, 1.82) is 0 Å². The average Bonchev–Trinajstić information content (AvgIpc) is 2.89. The van der Waals surface area contributed by atoms with E-state index in [0.717, 1.165) is 21.0 Å². The van der Waals surface area contributed by atoms with E-state index in [4.69, 9.17) is 23.2 Å². The molecule has 0 radical (unpaired) electrons. The molecule has 0 saturated heterocycles. The number of nitrogens with one attached hydrogen (secondary N) is 1. The summed E-state index contributed by atoms with van der Waals surface area (Å²) in [5.41, 5.74) is 3.56. The molecule has 3 aromatic rings. The fourth-order valence-electron chi connectivity index (χ4n) is 4.10. The Morgan fingerprint density at radius 1 is 0.949 bits per heavy atom. The van der Waals surface area contributed by atoms with Gasteiger partial charge in [-0.25, -0.2) is 8.42 Å². The van der Waals surface area contributed by atoms with Gasteiger partial charge < -0.3 is 10.2 Å². The Labute approximate surface area is 240 Å². The first-order valence-electron chi connectivity index (χ1n) is 12.5. The fraction of sp³-hybridized carbons (Fsp3) is 0.310. The topological polar surface area (TPSA) is 86.8 Å². The monoisotopic (exact) mass is 589 g/mol. The molecule has 0 aliphatic heterocycles. The zero-order valence-electron chi connectivity index (χ0n) is 22.7. The summed E-state index contributed by atoms with van der Waals surface area (Å²) in [5.74, 6) is -0.901. The van der Waals surface area contributed by atoms with Crippen molar-refractivity contribution in [3.8, 4) is 0 Å². The van der Waals surface area contributed by atoms with Crippen LogP contribution in [0.15, 0.2) is 65.6 Å². The molecule has 3 aromatic carbocycles. The summed E-state index contributed by atoms with van der Waals surface area (Å²) in [5, 5.41) is 3.41. The van der Waals surface area contributed by atoms with Gasteiger partial charge in [0.1, 0.15) is 12.6 Å². The second kappa shape index (κ2) is 12.9. The highest BCUT2D eigenvalue weighted by atomic mass is 35.5. The van der Waals surface area contributed by atoms with Gasteiger partial charge in [-0.15, -0.1) is 0 Å². The fourth-order valence-corrected chi connectivity index (χ4v) is 5.89. The SMILES string of the molecule is CCNC(=O)C(C)N(Cc1ccc(Cl)c(Cl)c1)C(=O)CN(c1cccc(C)c1C)S(=O)(=O)c1ccc(C)cc1. The Balaban J connectivity index is 2.08. The van der Waals surface area contributed by atoms with Gasteiger partial charge >= 0.3 is 0 Å². The van der Waals surface area contributed by atoms with Gasteiger partial charge in [0.15, 0.2) is 0 Å². The van der Waals surface area contributed by atoms with Gasteiger partial charge in [0.05, 0.1) is 20.6 Å². The number of likely N-dealkylation sites (N-methyl/N-ethyl adjacent to an activating group) is 1. The van der Waals surface area contributed by atoms with Gasteiger partial charge in [-0.3, -0.25) is 13.9 Å². The van der Waals surface area contributed by atoms with Crippen molar-refractivity contribution < 1.29 is 18.0 Å². The number of anilines is 1. The van der Waals surface area contributed by atoms with Crippen molar-refractivity contribution in [1.82, 2.24) is 10.2 Å². The Bertz CT molecular complexity index is 1460. The number of rotatable bonds is 10. The number of carbonyl (C=O) groups excluding carboxylic acids is 2. The van der Waals surface area contributed by atoms with Crippen molar-refractivity contribution >= 4 is 50.7 Å². The van der Waals surface area contributed by atoms with Crippen molar-refractivity contribution in [2.75, 3.05) is 17.4 Å². The highest BCUT2D eigenvalue weighted by Gasteiger charge is 2.33. The summed E-state index contributed by atoms with van der Waals surface area (Å²) in [4.78, 5) is 28.2. The van der Waals surface area contributed by atoms with Crippen LogP contribution >= 0.6 is 23.2 Å². The average molecular weight is 591 g/mol. The molecule has 10 heteroatoms. The predicted octanol–water partition coefficient (Wildman–Crippen LogP) is 5.67. The van der Waals surface area contributed by atoms with E-state index < -0.39 is 28.5 Å². The lowest BCUT2D eigenvalue weighted by Gasteiger charge is -2.32. The van der Waals surface area contributed by atoms with Crippen molar-refractivity contribution in [2.24, 2.45) is 0 Å². The number of nitrogens with zero attached hydrogens (tertiary/aromatic N) is 2. The van der Waals surface area contributed by atoms with E-state index in [1.54, 1.807) is 56.3 Å².